The van der Waals surface area contributed by atoms with E-state index in [0.717, 1.165) is 6.42 Å². The molecule has 25 heavy (non-hydrogen) atoms. The molecule has 0 aromatic heterocycles. The molecule has 2 N–H and O–H groups in total. The number of hydrogen-bond acceptors (Lipinski definition) is 3. The van der Waals surface area contributed by atoms with Crippen LogP contribution >= 0.6 is 24.0 Å². The third-order valence-electron chi connectivity index (χ3n) is 3.00. The SMILES string of the molecule is CCOCCCNC(=NC)NCc1ccccc1OCC(F)(F)F.I. The number of para-hydroxylation sites is 1. The molecule has 5 nitrogen and oxygen atoms in total. The van der Waals surface area contributed by atoms with Crippen molar-refractivity contribution in [1.82, 2.24) is 10.6 Å². The Balaban J connectivity index is 0.00000576. The standard InChI is InChI=1S/C16H24F3N3O2.HI/c1-3-23-10-6-9-21-15(20-2)22-11-13-7-4-5-8-14(13)24-12-16(17,18)19;/h4-5,7-8H,3,6,9-12H2,1-2H3,(H2,20,21,22);1H. The average molecular weight is 475 g/mol. The average Bonchev–Trinajstić information content (AvgIpc) is 2.55. The van der Waals surface area contributed by atoms with Crippen LogP contribution in [0.3, 0.4) is 0 Å². The zero-order chi connectivity index (χ0) is 17.8. The van der Waals surface area contributed by atoms with Crippen molar-refractivity contribution >= 4 is 29.9 Å². The van der Waals surface area contributed by atoms with Crippen molar-refractivity contribution in [3.63, 3.8) is 0 Å². The maximum atomic E-state index is 12.3. The Morgan fingerprint density at radius 1 is 1.20 bits per heavy atom. The van der Waals surface area contributed by atoms with Gasteiger partial charge in [0.1, 0.15) is 5.75 Å². The predicted molar refractivity (Wildman–Crippen MR) is 103 cm³/mol. The second-order valence-corrected chi connectivity index (χ2v) is 4.91. The monoisotopic (exact) mass is 475 g/mol. The summed E-state index contributed by atoms with van der Waals surface area (Å²) >= 11 is 0. The van der Waals surface area contributed by atoms with Gasteiger partial charge in [0.05, 0.1) is 0 Å². The first kappa shape index (κ1) is 23.8. The Labute approximate surface area is 163 Å². The summed E-state index contributed by atoms with van der Waals surface area (Å²) in [5.74, 6) is 0.770. The molecular formula is C16H25F3IN3O2. The van der Waals surface area contributed by atoms with Crippen LogP contribution in [0.1, 0.15) is 18.9 Å². The van der Waals surface area contributed by atoms with Crippen molar-refractivity contribution in [2.75, 3.05) is 33.4 Å². The third kappa shape index (κ3) is 11.1. The van der Waals surface area contributed by atoms with Crippen LogP contribution in [0.25, 0.3) is 0 Å². The Morgan fingerprint density at radius 2 is 1.92 bits per heavy atom. The van der Waals surface area contributed by atoms with Crippen molar-refractivity contribution in [3.8, 4) is 5.75 Å². The lowest BCUT2D eigenvalue weighted by Gasteiger charge is -2.15. The van der Waals surface area contributed by atoms with Crippen LogP contribution in [-0.4, -0.2) is 45.5 Å². The predicted octanol–water partition coefficient (Wildman–Crippen LogP) is 3.34. The van der Waals surface area contributed by atoms with Crippen LogP contribution in [0.2, 0.25) is 0 Å². The summed E-state index contributed by atoms with van der Waals surface area (Å²) in [5, 5.41) is 6.16. The van der Waals surface area contributed by atoms with E-state index in [9.17, 15) is 13.2 Å². The summed E-state index contributed by atoms with van der Waals surface area (Å²) in [6, 6.07) is 6.61. The first-order chi connectivity index (χ1) is 11.5. The molecule has 0 saturated heterocycles. The molecule has 0 bridgehead atoms. The second-order valence-electron chi connectivity index (χ2n) is 4.91. The van der Waals surface area contributed by atoms with E-state index in [0.29, 0.717) is 37.8 Å². The molecule has 0 amide bonds. The summed E-state index contributed by atoms with van der Waals surface area (Å²) in [6.45, 7) is 2.96. The van der Waals surface area contributed by atoms with Gasteiger partial charge < -0.3 is 20.1 Å². The summed E-state index contributed by atoms with van der Waals surface area (Å²) in [4.78, 5) is 4.07. The molecule has 0 fully saturated rings. The van der Waals surface area contributed by atoms with Crippen LogP contribution in [-0.2, 0) is 11.3 Å². The van der Waals surface area contributed by atoms with Crippen LogP contribution in [0, 0.1) is 0 Å². The van der Waals surface area contributed by atoms with Gasteiger partial charge in [-0.15, -0.1) is 24.0 Å². The van der Waals surface area contributed by atoms with Gasteiger partial charge >= 0.3 is 6.18 Å². The van der Waals surface area contributed by atoms with Gasteiger partial charge in [0.2, 0.25) is 0 Å². The highest BCUT2D eigenvalue weighted by atomic mass is 127. The Bertz CT molecular complexity index is 514. The number of rotatable bonds is 9. The highest BCUT2D eigenvalue weighted by Gasteiger charge is 2.28. The lowest BCUT2D eigenvalue weighted by Crippen LogP contribution is -2.37. The largest absolute Gasteiger partial charge is 0.484 e. The van der Waals surface area contributed by atoms with E-state index in [1.165, 1.54) is 6.07 Å². The van der Waals surface area contributed by atoms with E-state index in [4.69, 9.17) is 9.47 Å². The summed E-state index contributed by atoms with van der Waals surface area (Å²) in [5.41, 5.74) is 0.624. The number of guanidine groups is 1. The van der Waals surface area contributed by atoms with Crippen molar-refractivity contribution in [3.05, 3.63) is 29.8 Å². The fourth-order valence-electron chi connectivity index (χ4n) is 1.88. The van der Waals surface area contributed by atoms with E-state index < -0.39 is 12.8 Å². The normalized spacial score (nSPS) is 11.6. The number of ether oxygens (including phenoxy) is 2. The molecule has 0 saturated carbocycles. The van der Waals surface area contributed by atoms with Crippen LogP contribution in [0.5, 0.6) is 5.75 Å². The summed E-state index contributed by atoms with van der Waals surface area (Å²) in [7, 11) is 1.63. The number of benzene rings is 1. The fourth-order valence-corrected chi connectivity index (χ4v) is 1.88. The second kappa shape index (κ2) is 13.0. The first-order valence-corrected chi connectivity index (χ1v) is 7.76. The van der Waals surface area contributed by atoms with Gasteiger partial charge in [-0.25, -0.2) is 0 Å². The molecule has 0 aliphatic heterocycles. The molecule has 0 spiro atoms. The van der Waals surface area contributed by atoms with Crippen molar-refractivity contribution < 1.29 is 22.6 Å². The number of hydrogen-bond donors (Lipinski definition) is 2. The molecule has 0 aliphatic carbocycles. The molecule has 1 aromatic carbocycles. The molecule has 0 radical (unpaired) electrons. The van der Waals surface area contributed by atoms with Gasteiger partial charge in [0.15, 0.2) is 12.6 Å². The van der Waals surface area contributed by atoms with E-state index in [2.05, 4.69) is 15.6 Å². The molecule has 0 aliphatic rings. The molecule has 0 atom stereocenters. The van der Waals surface area contributed by atoms with E-state index in [-0.39, 0.29) is 29.7 Å². The maximum Gasteiger partial charge on any atom is 0.422 e. The minimum absolute atomic E-state index is 0. The Kier molecular flexibility index (Phi) is 12.4. The van der Waals surface area contributed by atoms with Crippen molar-refractivity contribution in [2.24, 2.45) is 4.99 Å². The lowest BCUT2D eigenvalue weighted by molar-refractivity contribution is -0.153. The third-order valence-corrected chi connectivity index (χ3v) is 3.00. The molecular weight excluding hydrogens is 450 g/mol. The molecule has 1 aromatic rings. The summed E-state index contributed by atoms with van der Waals surface area (Å²) < 4.78 is 47.0. The van der Waals surface area contributed by atoms with Gasteiger partial charge in [-0.2, -0.15) is 13.2 Å². The van der Waals surface area contributed by atoms with E-state index in [1.54, 1.807) is 25.2 Å². The molecule has 1 rings (SSSR count). The number of alkyl halides is 3. The topological polar surface area (TPSA) is 54.9 Å². The molecule has 9 heteroatoms. The van der Waals surface area contributed by atoms with Gasteiger partial charge in [-0.3, -0.25) is 4.99 Å². The zero-order valence-electron chi connectivity index (χ0n) is 14.4. The van der Waals surface area contributed by atoms with Crippen molar-refractivity contribution in [2.45, 2.75) is 26.1 Å². The molecule has 144 valence electrons. The maximum absolute atomic E-state index is 12.3. The van der Waals surface area contributed by atoms with Crippen LogP contribution in [0.15, 0.2) is 29.3 Å². The van der Waals surface area contributed by atoms with Crippen LogP contribution in [0.4, 0.5) is 13.2 Å². The van der Waals surface area contributed by atoms with Crippen molar-refractivity contribution in [1.29, 1.82) is 0 Å². The van der Waals surface area contributed by atoms with E-state index in [1.807, 2.05) is 6.92 Å². The number of nitrogens with zero attached hydrogens (tertiary/aromatic N) is 1. The van der Waals surface area contributed by atoms with E-state index >= 15 is 0 Å². The number of aliphatic imine (C=N–C) groups is 1. The molecule has 0 unspecified atom stereocenters. The first-order valence-electron chi connectivity index (χ1n) is 7.76. The van der Waals surface area contributed by atoms with Gasteiger partial charge in [-0.05, 0) is 19.4 Å². The Morgan fingerprint density at radius 3 is 2.56 bits per heavy atom. The smallest absolute Gasteiger partial charge is 0.422 e. The quantitative estimate of drug-likeness (QED) is 0.249. The lowest BCUT2D eigenvalue weighted by atomic mass is 10.2. The van der Waals surface area contributed by atoms with Crippen LogP contribution < -0.4 is 15.4 Å². The highest BCUT2D eigenvalue weighted by Crippen LogP contribution is 2.21. The minimum atomic E-state index is -4.36. The number of nitrogens with one attached hydrogen (secondary N) is 2. The van der Waals surface area contributed by atoms with Gasteiger partial charge in [0.25, 0.3) is 0 Å². The highest BCUT2D eigenvalue weighted by molar-refractivity contribution is 14.0. The van der Waals surface area contributed by atoms with Gasteiger partial charge in [0, 0.05) is 38.9 Å². The molecule has 0 heterocycles. The Hall–Kier alpha value is -1.23. The van der Waals surface area contributed by atoms with Gasteiger partial charge in [-0.1, -0.05) is 18.2 Å². The number of halogens is 4. The summed E-state index contributed by atoms with van der Waals surface area (Å²) in [6.07, 6.45) is -3.53. The zero-order valence-corrected chi connectivity index (χ0v) is 16.7. The minimum Gasteiger partial charge on any atom is -0.484 e. The fraction of sp³-hybridized carbons (Fsp3) is 0.562.